The summed E-state index contributed by atoms with van der Waals surface area (Å²) in [6.45, 7) is 1.74. The van der Waals surface area contributed by atoms with Gasteiger partial charge in [0.1, 0.15) is 0 Å². The van der Waals surface area contributed by atoms with Crippen LogP contribution < -0.4 is 14.8 Å². The largest absolute Gasteiger partial charge is 0.454 e. The standard InChI is InChI=1S/C17H13ClN2O5/c1-10-2-4-12(8-14(10)20(22)23)19-16(21)5-3-11-6-13(18)17-15(7-11)24-9-25-17/h2-8H,9H2,1H3,(H,19,21)/b5-3+. The Balaban J connectivity index is 1.73. The lowest BCUT2D eigenvalue weighted by molar-refractivity contribution is -0.385. The number of fused-ring (bicyclic) bond motifs is 1. The normalized spacial score (nSPS) is 12.4. The average Bonchev–Trinajstić information content (AvgIpc) is 3.03. The van der Waals surface area contributed by atoms with Crippen molar-refractivity contribution in [3.8, 4) is 11.5 Å². The van der Waals surface area contributed by atoms with Crippen LogP contribution in [0.25, 0.3) is 6.08 Å². The molecule has 1 N–H and O–H groups in total. The molecule has 8 heteroatoms. The van der Waals surface area contributed by atoms with Crippen LogP contribution in [-0.4, -0.2) is 17.6 Å². The Morgan fingerprint density at radius 2 is 2.12 bits per heavy atom. The van der Waals surface area contributed by atoms with E-state index < -0.39 is 10.8 Å². The highest BCUT2D eigenvalue weighted by Gasteiger charge is 2.17. The molecule has 0 bridgehead atoms. The van der Waals surface area contributed by atoms with Gasteiger partial charge in [-0.2, -0.15) is 0 Å². The van der Waals surface area contributed by atoms with E-state index >= 15 is 0 Å². The lowest BCUT2D eigenvalue weighted by atomic mass is 10.1. The second kappa shape index (κ2) is 6.82. The highest BCUT2D eigenvalue weighted by Crippen LogP contribution is 2.40. The first-order chi connectivity index (χ1) is 11.9. The lowest BCUT2D eigenvalue weighted by Gasteiger charge is -2.04. The molecule has 0 aromatic heterocycles. The van der Waals surface area contributed by atoms with Crippen molar-refractivity contribution in [3.63, 3.8) is 0 Å². The predicted molar refractivity (Wildman–Crippen MR) is 93.1 cm³/mol. The fourth-order valence-corrected chi connectivity index (χ4v) is 2.60. The van der Waals surface area contributed by atoms with Gasteiger partial charge in [-0.15, -0.1) is 0 Å². The second-order valence-electron chi connectivity index (χ2n) is 5.32. The smallest absolute Gasteiger partial charge is 0.274 e. The van der Waals surface area contributed by atoms with Gasteiger partial charge in [0.2, 0.25) is 12.7 Å². The van der Waals surface area contributed by atoms with Crippen molar-refractivity contribution in [3.05, 3.63) is 62.7 Å². The first-order valence-corrected chi connectivity index (χ1v) is 7.65. The average molecular weight is 361 g/mol. The zero-order valence-corrected chi connectivity index (χ0v) is 13.9. The molecule has 0 fully saturated rings. The summed E-state index contributed by atoms with van der Waals surface area (Å²) in [7, 11) is 0. The van der Waals surface area contributed by atoms with Gasteiger partial charge in [-0.1, -0.05) is 17.7 Å². The molecule has 128 valence electrons. The summed E-state index contributed by atoms with van der Waals surface area (Å²) in [6.07, 6.45) is 2.87. The number of hydrogen-bond donors (Lipinski definition) is 1. The molecule has 0 unspecified atom stereocenters. The molecule has 0 saturated carbocycles. The predicted octanol–water partition coefficient (Wildman–Crippen LogP) is 3.94. The van der Waals surface area contributed by atoms with Crippen LogP contribution in [0.15, 0.2) is 36.4 Å². The highest BCUT2D eigenvalue weighted by molar-refractivity contribution is 6.32. The molecule has 0 atom stereocenters. The van der Waals surface area contributed by atoms with E-state index in [2.05, 4.69) is 5.32 Å². The van der Waals surface area contributed by atoms with E-state index in [9.17, 15) is 14.9 Å². The van der Waals surface area contributed by atoms with Gasteiger partial charge in [0.05, 0.1) is 9.95 Å². The van der Waals surface area contributed by atoms with Gasteiger partial charge in [-0.3, -0.25) is 14.9 Å². The van der Waals surface area contributed by atoms with Crippen molar-refractivity contribution in [1.82, 2.24) is 0 Å². The van der Waals surface area contributed by atoms with Crippen LogP contribution in [0.4, 0.5) is 11.4 Å². The molecule has 0 spiro atoms. The molecule has 2 aromatic carbocycles. The number of amides is 1. The number of rotatable bonds is 4. The molecule has 1 heterocycles. The minimum atomic E-state index is -0.491. The number of aryl methyl sites for hydroxylation is 1. The number of hydrogen-bond acceptors (Lipinski definition) is 5. The van der Waals surface area contributed by atoms with Crippen LogP contribution in [0.2, 0.25) is 5.02 Å². The van der Waals surface area contributed by atoms with E-state index in [4.69, 9.17) is 21.1 Å². The molecule has 0 saturated heterocycles. The molecule has 1 aliphatic heterocycles. The van der Waals surface area contributed by atoms with Gasteiger partial charge in [-0.05, 0) is 36.8 Å². The minimum Gasteiger partial charge on any atom is -0.454 e. The van der Waals surface area contributed by atoms with Crippen molar-refractivity contribution in [1.29, 1.82) is 0 Å². The van der Waals surface area contributed by atoms with Gasteiger partial charge in [0.15, 0.2) is 11.5 Å². The molecule has 1 amide bonds. The summed E-state index contributed by atoms with van der Waals surface area (Å²) in [6, 6.07) is 7.85. The lowest BCUT2D eigenvalue weighted by Crippen LogP contribution is -2.08. The van der Waals surface area contributed by atoms with Crippen LogP contribution in [0.3, 0.4) is 0 Å². The van der Waals surface area contributed by atoms with E-state index in [1.165, 1.54) is 12.1 Å². The van der Waals surface area contributed by atoms with Crippen molar-refractivity contribution < 1.29 is 19.2 Å². The second-order valence-corrected chi connectivity index (χ2v) is 5.72. The topological polar surface area (TPSA) is 90.7 Å². The van der Waals surface area contributed by atoms with Crippen LogP contribution >= 0.6 is 11.6 Å². The van der Waals surface area contributed by atoms with Crippen molar-refractivity contribution in [2.24, 2.45) is 0 Å². The zero-order valence-electron chi connectivity index (χ0n) is 13.1. The Bertz CT molecular complexity index is 895. The van der Waals surface area contributed by atoms with Crippen LogP contribution in [0.5, 0.6) is 11.5 Å². The maximum atomic E-state index is 12.0. The molecule has 1 aliphatic rings. The van der Waals surface area contributed by atoms with Crippen molar-refractivity contribution in [2.75, 3.05) is 12.1 Å². The van der Waals surface area contributed by atoms with Gasteiger partial charge in [-0.25, -0.2) is 0 Å². The third-order valence-corrected chi connectivity index (χ3v) is 3.83. The molecule has 3 rings (SSSR count). The Kier molecular flexibility index (Phi) is 4.58. The van der Waals surface area contributed by atoms with Crippen LogP contribution in [0, 0.1) is 17.0 Å². The van der Waals surface area contributed by atoms with Crippen LogP contribution in [0.1, 0.15) is 11.1 Å². The number of nitrogens with zero attached hydrogens (tertiary/aromatic N) is 1. The van der Waals surface area contributed by atoms with E-state index in [0.717, 1.165) is 0 Å². The SMILES string of the molecule is Cc1ccc(NC(=O)/C=C/c2cc(Cl)c3c(c2)OCO3)cc1[N+](=O)[O-]. The fourth-order valence-electron chi connectivity index (χ4n) is 2.32. The number of carbonyl (C=O) groups excluding carboxylic acids is 1. The number of carbonyl (C=O) groups is 1. The Labute approximate surface area is 148 Å². The quantitative estimate of drug-likeness (QED) is 0.506. The Morgan fingerprint density at radius 1 is 1.32 bits per heavy atom. The number of anilines is 1. The zero-order chi connectivity index (χ0) is 18.0. The summed E-state index contributed by atoms with van der Waals surface area (Å²) in [4.78, 5) is 22.5. The molecule has 0 radical (unpaired) electrons. The number of halogens is 1. The monoisotopic (exact) mass is 360 g/mol. The van der Waals surface area contributed by atoms with Crippen molar-refractivity contribution in [2.45, 2.75) is 6.92 Å². The summed E-state index contributed by atoms with van der Waals surface area (Å²) < 4.78 is 10.5. The summed E-state index contributed by atoms with van der Waals surface area (Å²) in [5, 5.41) is 13.9. The van der Waals surface area contributed by atoms with Crippen molar-refractivity contribution >= 4 is 35.0 Å². The first-order valence-electron chi connectivity index (χ1n) is 7.27. The number of nitrogens with one attached hydrogen (secondary N) is 1. The number of ether oxygens (including phenoxy) is 2. The molecule has 2 aromatic rings. The van der Waals surface area contributed by atoms with E-state index in [0.29, 0.717) is 33.3 Å². The molecular weight excluding hydrogens is 348 g/mol. The molecule has 25 heavy (non-hydrogen) atoms. The number of nitro groups is 1. The third-order valence-electron chi connectivity index (χ3n) is 3.55. The maximum Gasteiger partial charge on any atom is 0.274 e. The first kappa shape index (κ1) is 16.8. The van der Waals surface area contributed by atoms with Gasteiger partial charge in [0, 0.05) is 23.4 Å². The highest BCUT2D eigenvalue weighted by atomic mass is 35.5. The molecular formula is C17H13ClN2O5. The van der Waals surface area contributed by atoms with Gasteiger partial charge < -0.3 is 14.8 Å². The van der Waals surface area contributed by atoms with E-state index in [1.807, 2.05) is 0 Å². The van der Waals surface area contributed by atoms with E-state index in [-0.39, 0.29) is 12.5 Å². The van der Waals surface area contributed by atoms with Crippen LogP contribution in [-0.2, 0) is 4.79 Å². The third kappa shape index (κ3) is 3.72. The summed E-state index contributed by atoms with van der Waals surface area (Å²) in [5.41, 5.74) is 1.48. The summed E-state index contributed by atoms with van der Waals surface area (Å²) in [5.74, 6) is 0.573. The summed E-state index contributed by atoms with van der Waals surface area (Å²) >= 11 is 6.08. The number of benzene rings is 2. The van der Waals surface area contributed by atoms with Gasteiger partial charge in [0.25, 0.3) is 5.69 Å². The maximum absolute atomic E-state index is 12.0. The number of nitro benzene ring substituents is 1. The Morgan fingerprint density at radius 3 is 2.88 bits per heavy atom. The molecule has 7 nitrogen and oxygen atoms in total. The molecule has 0 aliphatic carbocycles. The fraction of sp³-hybridized carbons (Fsp3) is 0.118. The van der Waals surface area contributed by atoms with E-state index in [1.54, 1.807) is 37.3 Å². The van der Waals surface area contributed by atoms with Gasteiger partial charge >= 0.3 is 0 Å². The minimum absolute atomic E-state index is 0.0515. The Hall–Kier alpha value is -3.06.